The molecule has 0 saturated carbocycles. The van der Waals surface area contributed by atoms with Gasteiger partial charge in [0, 0.05) is 6.92 Å². The van der Waals surface area contributed by atoms with Crippen LogP contribution in [0.25, 0.3) is 0 Å². The van der Waals surface area contributed by atoms with Crippen LogP contribution in [0.4, 0.5) is 0 Å². The molecule has 0 amide bonds. The summed E-state index contributed by atoms with van der Waals surface area (Å²) < 4.78 is 4.71. The van der Waals surface area contributed by atoms with Crippen molar-refractivity contribution in [2.45, 2.75) is 27.2 Å². The van der Waals surface area contributed by atoms with Crippen molar-refractivity contribution in [2.24, 2.45) is 0 Å². The summed E-state index contributed by atoms with van der Waals surface area (Å²) in [6, 6.07) is 0. The number of carbonyl (C=O) groups is 1. The second-order valence-electron chi connectivity index (χ2n) is 2.61. The molecule has 0 bridgehead atoms. The molecule has 0 N–H and O–H groups in total. The van der Waals surface area contributed by atoms with E-state index in [1.165, 1.54) is 12.5 Å². The minimum atomic E-state index is -0.234. The van der Waals surface area contributed by atoms with Crippen molar-refractivity contribution in [3.05, 3.63) is 23.8 Å². The Morgan fingerprint density at radius 1 is 1.33 bits per heavy atom. The van der Waals surface area contributed by atoms with E-state index in [1.807, 2.05) is 19.1 Å². The summed E-state index contributed by atoms with van der Waals surface area (Å²) in [7, 11) is 0. The minimum Gasteiger partial charge on any atom is -0.462 e. The predicted octanol–water partition coefficient (Wildman–Crippen LogP) is 2.46. The highest BCUT2D eigenvalue weighted by Gasteiger charge is 1.86. The largest absolute Gasteiger partial charge is 0.462 e. The lowest BCUT2D eigenvalue weighted by Crippen LogP contribution is -1.97. The van der Waals surface area contributed by atoms with Crippen LogP contribution in [0.2, 0.25) is 0 Å². The molecule has 0 aliphatic carbocycles. The van der Waals surface area contributed by atoms with Crippen molar-refractivity contribution < 1.29 is 9.53 Å². The summed E-state index contributed by atoms with van der Waals surface area (Å²) in [4.78, 5) is 10.3. The average molecular weight is 168 g/mol. The van der Waals surface area contributed by atoms with Crippen LogP contribution in [0.3, 0.4) is 0 Å². The van der Waals surface area contributed by atoms with Gasteiger partial charge in [0.25, 0.3) is 0 Å². The second-order valence-corrected chi connectivity index (χ2v) is 2.61. The standard InChI is InChI=1S/C10H16O2/c1-4-9(2)7-5-6-8-12-10(3)11/h4-6H,7-8H2,1-3H3/b6-5+,9-4-. The molecule has 0 saturated heterocycles. The lowest BCUT2D eigenvalue weighted by atomic mass is 10.2. The third-order valence-electron chi connectivity index (χ3n) is 1.48. The second kappa shape index (κ2) is 6.65. The van der Waals surface area contributed by atoms with E-state index in [2.05, 4.69) is 13.0 Å². The van der Waals surface area contributed by atoms with E-state index in [-0.39, 0.29) is 5.97 Å². The molecule has 2 nitrogen and oxygen atoms in total. The highest BCUT2D eigenvalue weighted by Crippen LogP contribution is 1.99. The smallest absolute Gasteiger partial charge is 0.302 e. The summed E-state index contributed by atoms with van der Waals surface area (Å²) in [6.45, 7) is 5.86. The number of rotatable bonds is 4. The molecule has 68 valence electrons. The number of esters is 1. The molecule has 12 heavy (non-hydrogen) atoms. The normalized spacial score (nSPS) is 12.1. The quantitative estimate of drug-likeness (QED) is 0.476. The van der Waals surface area contributed by atoms with Gasteiger partial charge in [-0.25, -0.2) is 0 Å². The number of allylic oxidation sites excluding steroid dienone is 3. The van der Waals surface area contributed by atoms with Crippen LogP contribution >= 0.6 is 0 Å². The Balaban J connectivity index is 3.44. The monoisotopic (exact) mass is 168 g/mol. The van der Waals surface area contributed by atoms with E-state index in [4.69, 9.17) is 4.74 Å². The Hall–Kier alpha value is -1.05. The zero-order valence-corrected chi connectivity index (χ0v) is 7.96. The van der Waals surface area contributed by atoms with Crippen LogP contribution in [-0.4, -0.2) is 12.6 Å². The molecular formula is C10H16O2. The first-order valence-electron chi connectivity index (χ1n) is 4.07. The molecule has 2 heteroatoms. The maximum Gasteiger partial charge on any atom is 0.302 e. The third-order valence-corrected chi connectivity index (χ3v) is 1.48. The fraction of sp³-hybridized carbons (Fsp3) is 0.500. The minimum absolute atomic E-state index is 0.234. The van der Waals surface area contributed by atoms with Gasteiger partial charge in [0.15, 0.2) is 0 Å². The van der Waals surface area contributed by atoms with Gasteiger partial charge >= 0.3 is 5.97 Å². The molecule has 0 aromatic heterocycles. The zero-order valence-electron chi connectivity index (χ0n) is 7.96. The first kappa shape index (κ1) is 11.0. The van der Waals surface area contributed by atoms with E-state index in [9.17, 15) is 4.79 Å². The van der Waals surface area contributed by atoms with E-state index in [0.717, 1.165) is 6.42 Å². The highest BCUT2D eigenvalue weighted by molar-refractivity contribution is 5.65. The summed E-state index contributed by atoms with van der Waals surface area (Å²) >= 11 is 0. The number of ether oxygens (including phenoxy) is 1. The van der Waals surface area contributed by atoms with Gasteiger partial charge in [-0.3, -0.25) is 4.79 Å². The fourth-order valence-corrected chi connectivity index (χ4v) is 0.621. The topological polar surface area (TPSA) is 26.3 Å². The van der Waals surface area contributed by atoms with E-state index >= 15 is 0 Å². The van der Waals surface area contributed by atoms with Crippen molar-refractivity contribution in [3.63, 3.8) is 0 Å². The SMILES string of the molecule is C/C=C(/C)C/C=C/COC(C)=O. The van der Waals surface area contributed by atoms with Crippen LogP contribution in [0.15, 0.2) is 23.8 Å². The molecule has 0 fully saturated rings. The Kier molecular flexibility index (Phi) is 6.07. The Morgan fingerprint density at radius 3 is 2.50 bits per heavy atom. The first-order chi connectivity index (χ1) is 5.66. The molecule has 0 atom stereocenters. The lowest BCUT2D eigenvalue weighted by Gasteiger charge is -1.95. The zero-order chi connectivity index (χ0) is 9.40. The molecule has 0 aromatic carbocycles. The molecule has 0 heterocycles. The van der Waals surface area contributed by atoms with Crippen LogP contribution in [0.1, 0.15) is 27.2 Å². The molecule has 0 aliphatic heterocycles. The van der Waals surface area contributed by atoms with Crippen molar-refractivity contribution in [1.82, 2.24) is 0 Å². The number of carbonyl (C=O) groups excluding carboxylic acids is 1. The maximum absolute atomic E-state index is 10.3. The van der Waals surface area contributed by atoms with Crippen molar-refractivity contribution in [3.8, 4) is 0 Å². The average Bonchev–Trinajstić information content (AvgIpc) is 2.03. The Morgan fingerprint density at radius 2 is 2.00 bits per heavy atom. The Labute approximate surface area is 73.9 Å². The third kappa shape index (κ3) is 7.06. The number of hydrogen-bond acceptors (Lipinski definition) is 2. The molecular weight excluding hydrogens is 152 g/mol. The van der Waals surface area contributed by atoms with Gasteiger partial charge in [-0.1, -0.05) is 23.8 Å². The highest BCUT2D eigenvalue weighted by atomic mass is 16.5. The van der Waals surface area contributed by atoms with Crippen LogP contribution < -0.4 is 0 Å². The van der Waals surface area contributed by atoms with Crippen molar-refractivity contribution >= 4 is 5.97 Å². The fourth-order valence-electron chi connectivity index (χ4n) is 0.621. The lowest BCUT2D eigenvalue weighted by molar-refractivity contribution is -0.139. The Bertz CT molecular complexity index is 190. The van der Waals surface area contributed by atoms with Gasteiger partial charge < -0.3 is 4.74 Å². The van der Waals surface area contributed by atoms with Crippen LogP contribution in [0, 0.1) is 0 Å². The summed E-state index contributed by atoms with van der Waals surface area (Å²) in [5.41, 5.74) is 1.31. The molecule has 0 aliphatic rings. The first-order valence-corrected chi connectivity index (χ1v) is 4.07. The van der Waals surface area contributed by atoms with E-state index < -0.39 is 0 Å². The molecule has 0 aromatic rings. The predicted molar refractivity (Wildman–Crippen MR) is 49.8 cm³/mol. The molecule has 0 radical (unpaired) electrons. The van der Waals surface area contributed by atoms with E-state index in [1.54, 1.807) is 0 Å². The van der Waals surface area contributed by atoms with Gasteiger partial charge in [0.2, 0.25) is 0 Å². The van der Waals surface area contributed by atoms with E-state index in [0.29, 0.717) is 6.61 Å². The molecule has 0 rings (SSSR count). The van der Waals surface area contributed by atoms with Crippen molar-refractivity contribution in [2.75, 3.05) is 6.61 Å². The van der Waals surface area contributed by atoms with Gasteiger partial charge in [-0.2, -0.15) is 0 Å². The van der Waals surface area contributed by atoms with Gasteiger partial charge in [0.1, 0.15) is 6.61 Å². The van der Waals surface area contributed by atoms with Gasteiger partial charge in [0.05, 0.1) is 0 Å². The summed E-state index contributed by atoms with van der Waals surface area (Å²) in [5.74, 6) is -0.234. The van der Waals surface area contributed by atoms with Crippen LogP contribution in [-0.2, 0) is 9.53 Å². The van der Waals surface area contributed by atoms with Gasteiger partial charge in [-0.05, 0) is 20.3 Å². The van der Waals surface area contributed by atoms with Gasteiger partial charge in [-0.15, -0.1) is 0 Å². The molecule has 0 unspecified atom stereocenters. The van der Waals surface area contributed by atoms with Crippen LogP contribution in [0.5, 0.6) is 0 Å². The summed E-state index contributed by atoms with van der Waals surface area (Å²) in [5, 5.41) is 0. The molecule has 0 spiro atoms. The van der Waals surface area contributed by atoms with Crippen molar-refractivity contribution in [1.29, 1.82) is 0 Å². The maximum atomic E-state index is 10.3. The summed E-state index contributed by atoms with van der Waals surface area (Å²) in [6.07, 6.45) is 6.85. The number of hydrogen-bond donors (Lipinski definition) is 0.